The van der Waals surface area contributed by atoms with Gasteiger partial charge in [0.15, 0.2) is 0 Å². The molecular weight excluding hydrogens is 266 g/mol. The van der Waals surface area contributed by atoms with Crippen LogP contribution < -0.4 is 5.32 Å². The summed E-state index contributed by atoms with van der Waals surface area (Å²) in [7, 11) is 1.46. The third-order valence-corrected chi connectivity index (χ3v) is 4.15. The van der Waals surface area contributed by atoms with Crippen LogP contribution in [0.15, 0.2) is 11.6 Å². The lowest BCUT2D eigenvalue weighted by molar-refractivity contribution is -0.146. The lowest BCUT2D eigenvalue weighted by Crippen LogP contribution is -2.57. The molecule has 6 nitrogen and oxygen atoms in total. The number of carbonyl (C=O) groups is 2. The summed E-state index contributed by atoms with van der Waals surface area (Å²) in [6, 6.07) is -0.451. The van der Waals surface area contributed by atoms with Crippen LogP contribution in [0.25, 0.3) is 0 Å². The monoisotopic (exact) mass is 285 g/mol. The Balaban J connectivity index is 2.83. The number of likely N-dealkylation sites (N-methyl/N-ethyl adjacent to an activating group) is 1. The zero-order valence-corrected chi connectivity index (χ0v) is 12.5. The lowest BCUT2D eigenvalue weighted by atomic mass is 10.0. The number of hydrogen-bond acceptors (Lipinski definition) is 4. The third-order valence-electron chi connectivity index (χ3n) is 3.05. The van der Waals surface area contributed by atoms with Gasteiger partial charge in [-0.05, 0) is 27.7 Å². The van der Waals surface area contributed by atoms with Crippen LogP contribution in [0.4, 0.5) is 4.79 Å². The number of aliphatic carboxylic acids is 1. The molecule has 0 fully saturated rings. The zero-order chi connectivity index (χ0) is 14.8. The molecule has 0 saturated carbocycles. The Kier molecular flexibility index (Phi) is 4.19. The average Bonchev–Trinajstić information content (AvgIpc) is 2.81. The van der Waals surface area contributed by atoms with E-state index in [1.807, 2.05) is 19.2 Å². The van der Waals surface area contributed by atoms with E-state index in [2.05, 4.69) is 10.3 Å². The van der Waals surface area contributed by atoms with Crippen molar-refractivity contribution in [2.75, 3.05) is 7.05 Å². The van der Waals surface area contributed by atoms with Gasteiger partial charge in [0, 0.05) is 18.6 Å². The molecule has 0 spiro atoms. The summed E-state index contributed by atoms with van der Waals surface area (Å²) in [5.41, 5.74) is -1.92. The zero-order valence-electron chi connectivity index (χ0n) is 11.7. The summed E-state index contributed by atoms with van der Waals surface area (Å²) >= 11 is 1.44. The predicted molar refractivity (Wildman–Crippen MR) is 73.1 cm³/mol. The van der Waals surface area contributed by atoms with Gasteiger partial charge in [-0.2, -0.15) is 0 Å². The number of urea groups is 1. The molecular formula is C12H19N3O3S. The van der Waals surface area contributed by atoms with Gasteiger partial charge in [0.1, 0.15) is 10.5 Å². The van der Waals surface area contributed by atoms with Crippen molar-refractivity contribution in [3.8, 4) is 0 Å². The number of amides is 2. The number of carboxylic acid groups (broad SMARTS) is 1. The highest BCUT2D eigenvalue weighted by Gasteiger charge is 2.37. The maximum atomic E-state index is 12.1. The Morgan fingerprint density at radius 1 is 1.37 bits per heavy atom. The highest BCUT2D eigenvalue weighted by molar-refractivity contribution is 7.09. The van der Waals surface area contributed by atoms with E-state index < -0.39 is 23.1 Å². The van der Waals surface area contributed by atoms with Crippen molar-refractivity contribution in [1.29, 1.82) is 0 Å². The maximum Gasteiger partial charge on any atom is 0.329 e. The number of carbonyl (C=O) groups excluding carboxylic acids is 1. The van der Waals surface area contributed by atoms with Gasteiger partial charge in [-0.3, -0.25) is 0 Å². The summed E-state index contributed by atoms with van der Waals surface area (Å²) in [6.45, 7) is 6.60. The van der Waals surface area contributed by atoms with Crippen molar-refractivity contribution in [2.45, 2.75) is 38.8 Å². The first kappa shape index (κ1) is 15.4. The second-order valence-corrected chi connectivity index (χ2v) is 6.21. The average molecular weight is 285 g/mol. The minimum absolute atomic E-state index is 0.451. The SMILES string of the molecule is CN(C(=O)NC(C)(C)c1nccs1)C(C)(C)C(=O)O. The molecule has 7 heteroatoms. The van der Waals surface area contributed by atoms with E-state index >= 15 is 0 Å². The standard InChI is InChI=1S/C12H19N3O3S/c1-11(2,8-13-6-7-19-8)14-10(18)15(5)12(3,4)9(16)17/h6-7H,1-5H3,(H,14,18)(H,16,17). The molecule has 0 aliphatic carbocycles. The molecule has 1 aromatic rings. The van der Waals surface area contributed by atoms with Crippen LogP contribution in [-0.4, -0.2) is 39.6 Å². The topological polar surface area (TPSA) is 82.5 Å². The fraction of sp³-hybridized carbons (Fsp3) is 0.583. The summed E-state index contributed by atoms with van der Waals surface area (Å²) in [4.78, 5) is 28.6. The van der Waals surface area contributed by atoms with E-state index in [9.17, 15) is 9.59 Å². The molecule has 1 heterocycles. The second-order valence-electron chi connectivity index (χ2n) is 5.32. The second kappa shape index (κ2) is 5.16. The van der Waals surface area contributed by atoms with E-state index in [-0.39, 0.29) is 0 Å². The number of nitrogens with zero attached hydrogens (tertiary/aromatic N) is 2. The van der Waals surface area contributed by atoms with E-state index in [0.29, 0.717) is 0 Å². The van der Waals surface area contributed by atoms with Gasteiger partial charge >= 0.3 is 12.0 Å². The molecule has 0 bridgehead atoms. The minimum atomic E-state index is -1.27. The molecule has 0 atom stereocenters. The van der Waals surface area contributed by atoms with Gasteiger partial charge < -0.3 is 15.3 Å². The summed E-state index contributed by atoms with van der Waals surface area (Å²) < 4.78 is 0. The first-order valence-corrected chi connectivity index (χ1v) is 6.66. The number of hydrogen-bond donors (Lipinski definition) is 2. The Morgan fingerprint density at radius 2 is 1.95 bits per heavy atom. The highest BCUT2D eigenvalue weighted by Crippen LogP contribution is 2.23. The largest absolute Gasteiger partial charge is 0.480 e. The summed E-state index contributed by atoms with van der Waals surface area (Å²) in [6.07, 6.45) is 1.67. The maximum absolute atomic E-state index is 12.1. The van der Waals surface area contributed by atoms with Crippen LogP contribution in [0.1, 0.15) is 32.7 Å². The molecule has 1 aromatic heterocycles. The van der Waals surface area contributed by atoms with Gasteiger partial charge in [0.05, 0.1) is 5.54 Å². The van der Waals surface area contributed by atoms with E-state index in [4.69, 9.17) is 5.11 Å². The van der Waals surface area contributed by atoms with Gasteiger partial charge in [-0.25, -0.2) is 14.6 Å². The van der Waals surface area contributed by atoms with Crippen molar-refractivity contribution in [3.05, 3.63) is 16.6 Å². The van der Waals surface area contributed by atoms with E-state index in [1.54, 1.807) is 6.20 Å². The Morgan fingerprint density at radius 3 is 2.37 bits per heavy atom. The molecule has 19 heavy (non-hydrogen) atoms. The lowest BCUT2D eigenvalue weighted by Gasteiger charge is -2.34. The van der Waals surface area contributed by atoms with Gasteiger partial charge in [-0.15, -0.1) is 11.3 Å². The number of thiazole rings is 1. The first-order chi connectivity index (χ1) is 8.59. The molecule has 0 aliphatic heterocycles. The van der Waals surface area contributed by atoms with Crippen LogP contribution in [0, 0.1) is 0 Å². The van der Waals surface area contributed by atoms with Crippen LogP contribution in [0.5, 0.6) is 0 Å². The highest BCUT2D eigenvalue weighted by atomic mass is 32.1. The van der Waals surface area contributed by atoms with Crippen LogP contribution in [0.2, 0.25) is 0 Å². The van der Waals surface area contributed by atoms with Crippen LogP contribution in [-0.2, 0) is 10.3 Å². The Hall–Kier alpha value is -1.63. The van der Waals surface area contributed by atoms with Crippen molar-refractivity contribution in [1.82, 2.24) is 15.2 Å². The fourth-order valence-electron chi connectivity index (χ4n) is 1.33. The molecule has 2 N–H and O–H groups in total. The molecule has 0 radical (unpaired) electrons. The number of nitrogens with one attached hydrogen (secondary N) is 1. The fourth-order valence-corrected chi connectivity index (χ4v) is 2.05. The van der Waals surface area contributed by atoms with Gasteiger partial charge in [0.25, 0.3) is 0 Å². The van der Waals surface area contributed by atoms with E-state index in [0.717, 1.165) is 5.01 Å². The van der Waals surface area contributed by atoms with Crippen molar-refractivity contribution < 1.29 is 14.7 Å². The molecule has 0 unspecified atom stereocenters. The summed E-state index contributed by atoms with van der Waals surface area (Å²) in [5.74, 6) is -1.06. The van der Waals surface area contributed by atoms with Crippen LogP contribution in [0.3, 0.4) is 0 Å². The number of rotatable bonds is 4. The minimum Gasteiger partial charge on any atom is -0.480 e. The molecule has 0 saturated heterocycles. The van der Waals surface area contributed by atoms with Gasteiger partial charge in [-0.1, -0.05) is 0 Å². The van der Waals surface area contributed by atoms with E-state index in [1.165, 1.54) is 37.1 Å². The van der Waals surface area contributed by atoms with Crippen molar-refractivity contribution >= 4 is 23.3 Å². The third kappa shape index (κ3) is 3.23. The Labute approximate surface area is 116 Å². The molecule has 1 rings (SSSR count). The molecule has 106 valence electrons. The quantitative estimate of drug-likeness (QED) is 0.885. The Bertz CT molecular complexity index is 469. The molecule has 0 aromatic carbocycles. The first-order valence-electron chi connectivity index (χ1n) is 5.78. The predicted octanol–water partition coefficient (Wildman–Crippen LogP) is 1.88. The van der Waals surface area contributed by atoms with Crippen LogP contribution >= 0.6 is 11.3 Å². The van der Waals surface area contributed by atoms with Crippen molar-refractivity contribution in [2.24, 2.45) is 0 Å². The normalized spacial score (nSPS) is 12.1. The smallest absolute Gasteiger partial charge is 0.329 e. The molecule has 0 aliphatic rings. The molecule has 2 amide bonds. The van der Waals surface area contributed by atoms with Crippen molar-refractivity contribution in [3.63, 3.8) is 0 Å². The number of carboxylic acids is 1. The number of aromatic nitrogens is 1. The summed E-state index contributed by atoms with van der Waals surface area (Å²) in [5, 5.41) is 14.5. The van der Waals surface area contributed by atoms with Gasteiger partial charge in [0.2, 0.25) is 0 Å².